The second-order valence-corrected chi connectivity index (χ2v) is 1.26. The first-order valence-corrected chi connectivity index (χ1v) is 2.27. The van der Waals surface area contributed by atoms with E-state index in [1.807, 2.05) is 0 Å². The van der Waals surface area contributed by atoms with Crippen LogP contribution >= 0.6 is 0 Å². The van der Waals surface area contributed by atoms with Crippen molar-refractivity contribution in [3.63, 3.8) is 0 Å². The van der Waals surface area contributed by atoms with Crippen molar-refractivity contribution >= 4 is 0 Å². The topological polar surface area (TPSA) is 98.5 Å². The average Bonchev–Trinajstić information content (AvgIpc) is 1.91. The molecular formula is C3H7N3O3. The summed E-state index contributed by atoms with van der Waals surface area (Å²) in [6.45, 7) is -0.731. The summed E-state index contributed by atoms with van der Waals surface area (Å²) in [7, 11) is 0. The van der Waals surface area contributed by atoms with E-state index < -0.39 is 6.10 Å². The Morgan fingerprint density at radius 3 is 2.44 bits per heavy atom. The molecule has 0 aromatic heterocycles. The molecule has 0 bridgehead atoms. The molecule has 0 fully saturated rings. The number of hydrogen-bond acceptors (Lipinski definition) is 4. The van der Waals surface area contributed by atoms with Gasteiger partial charge < -0.3 is 15.1 Å². The molecule has 52 valence electrons. The van der Waals surface area contributed by atoms with Crippen molar-refractivity contribution < 1.29 is 15.1 Å². The Morgan fingerprint density at radius 1 is 1.56 bits per heavy atom. The number of nitrogens with zero attached hydrogens (tertiary/aromatic N) is 3. The van der Waals surface area contributed by atoms with Crippen molar-refractivity contribution in [1.82, 2.24) is 0 Å². The molecule has 0 aliphatic heterocycles. The van der Waals surface area contributed by atoms with Crippen LogP contribution in [0.25, 0.3) is 10.4 Å². The van der Waals surface area contributed by atoms with Gasteiger partial charge in [-0.2, -0.15) is 0 Å². The van der Waals surface area contributed by atoms with Gasteiger partial charge in [-0.25, -0.2) is 0 Å². The zero-order valence-electron chi connectivity index (χ0n) is 4.64. The Balaban J connectivity index is 3.42. The number of hydrogen-bond donors (Lipinski definition) is 2. The number of aliphatic hydroxyl groups is 2. The van der Waals surface area contributed by atoms with Crippen molar-refractivity contribution in [3.05, 3.63) is 10.4 Å². The lowest BCUT2D eigenvalue weighted by molar-refractivity contribution is -0.0199. The van der Waals surface area contributed by atoms with Crippen LogP contribution in [-0.4, -0.2) is 29.5 Å². The summed E-state index contributed by atoms with van der Waals surface area (Å²) < 4.78 is 0. The third-order valence-electron chi connectivity index (χ3n) is 0.640. The smallest absolute Gasteiger partial charge is 0.153 e. The molecule has 2 N–H and O–H groups in total. The molecule has 9 heavy (non-hydrogen) atoms. The minimum absolute atomic E-state index is 0.366. The van der Waals surface area contributed by atoms with E-state index in [2.05, 4.69) is 15.0 Å². The Morgan fingerprint density at radius 2 is 2.11 bits per heavy atom. The molecule has 0 amide bonds. The molecule has 0 heterocycles. The highest BCUT2D eigenvalue weighted by Crippen LogP contribution is 1.88. The number of azide groups is 1. The maximum atomic E-state index is 8.28. The van der Waals surface area contributed by atoms with Gasteiger partial charge in [-0.3, -0.25) is 0 Å². The molecule has 0 unspecified atom stereocenters. The Labute approximate surface area is 51.3 Å². The summed E-state index contributed by atoms with van der Waals surface area (Å²) in [6, 6.07) is 0. The Hall–Kier alpha value is -0.970. The maximum absolute atomic E-state index is 8.28. The lowest BCUT2D eigenvalue weighted by Gasteiger charge is -2.05. The van der Waals surface area contributed by atoms with Gasteiger partial charge in [0.1, 0.15) is 5.28 Å². The van der Waals surface area contributed by atoms with E-state index in [-0.39, 0.29) is 13.2 Å². The van der Waals surface area contributed by atoms with E-state index in [1.165, 1.54) is 0 Å². The normalized spacial score (nSPS) is 8.78. The molecule has 0 saturated heterocycles. The zero-order valence-corrected chi connectivity index (χ0v) is 4.64. The highest BCUT2D eigenvalue weighted by atomic mass is 16.7. The summed E-state index contributed by atoms with van der Waals surface area (Å²) >= 11 is 0. The molecule has 0 atom stereocenters. The molecule has 0 aliphatic carbocycles. The van der Waals surface area contributed by atoms with Crippen LogP contribution in [0.3, 0.4) is 0 Å². The van der Waals surface area contributed by atoms with Gasteiger partial charge >= 0.3 is 0 Å². The van der Waals surface area contributed by atoms with E-state index in [0.717, 1.165) is 0 Å². The minimum Gasteiger partial charge on any atom is -0.425 e. The predicted molar refractivity (Wildman–Crippen MR) is 28.2 cm³/mol. The first-order chi connectivity index (χ1) is 4.35. The zero-order chi connectivity index (χ0) is 7.11. The summed E-state index contributed by atoms with van der Waals surface area (Å²) in [5, 5.41) is 19.2. The number of rotatable bonds is 4. The lowest BCUT2D eigenvalue weighted by atomic mass is 10.4. The SMILES string of the molecule is [N-]=[N+]=NOC(CO)CO. The summed E-state index contributed by atoms with van der Waals surface area (Å²) in [6.07, 6.45) is -0.805. The second kappa shape index (κ2) is 5.17. The Kier molecular flexibility index (Phi) is 4.61. The van der Waals surface area contributed by atoms with Crippen molar-refractivity contribution in [3.8, 4) is 0 Å². The summed E-state index contributed by atoms with van der Waals surface area (Å²) in [5.41, 5.74) is 7.68. The van der Waals surface area contributed by atoms with Crippen LogP contribution in [-0.2, 0) is 4.84 Å². The van der Waals surface area contributed by atoms with Crippen LogP contribution in [0.5, 0.6) is 0 Å². The van der Waals surface area contributed by atoms with Crippen LogP contribution in [0.15, 0.2) is 5.28 Å². The van der Waals surface area contributed by atoms with E-state index in [1.54, 1.807) is 0 Å². The van der Waals surface area contributed by atoms with E-state index in [4.69, 9.17) is 15.7 Å². The van der Waals surface area contributed by atoms with Crippen molar-refractivity contribution in [2.75, 3.05) is 13.2 Å². The van der Waals surface area contributed by atoms with Crippen molar-refractivity contribution in [1.29, 1.82) is 0 Å². The van der Waals surface area contributed by atoms with Crippen LogP contribution in [0, 0.1) is 0 Å². The van der Waals surface area contributed by atoms with E-state index >= 15 is 0 Å². The Bertz CT molecular complexity index is 107. The molecule has 0 aromatic carbocycles. The van der Waals surface area contributed by atoms with Gasteiger partial charge in [0, 0.05) is 4.91 Å². The van der Waals surface area contributed by atoms with Gasteiger partial charge in [-0.05, 0) is 5.53 Å². The first kappa shape index (κ1) is 8.03. The fourth-order valence-electron chi connectivity index (χ4n) is 0.212. The average molecular weight is 133 g/mol. The van der Waals surface area contributed by atoms with Crippen LogP contribution in [0.2, 0.25) is 0 Å². The van der Waals surface area contributed by atoms with Crippen LogP contribution in [0.4, 0.5) is 0 Å². The predicted octanol–water partition coefficient (Wildman–Crippen LogP) is -0.418. The van der Waals surface area contributed by atoms with E-state index in [9.17, 15) is 0 Å². The van der Waals surface area contributed by atoms with Gasteiger partial charge in [0.15, 0.2) is 6.10 Å². The monoisotopic (exact) mass is 133 g/mol. The van der Waals surface area contributed by atoms with Gasteiger partial charge in [-0.15, -0.1) is 0 Å². The third-order valence-corrected chi connectivity index (χ3v) is 0.640. The van der Waals surface area contributed by atoms with Gasteiger partial charge in [0.25, 0.3) is 0 Å². The molecule has 6 heteroatoms. The third kappa shape index (κ3) is 3.60. The molecule has 0 spiro atoms. The molecular weight excluding hydrogens is 126 g/mol. The second-order valence-electron chi connectivity index (χ2n) is 1.26. The molecule has 0 aliphatic rings. The van der Waals surface area contributed by atoms with Crippen LogP contribution < -0.4 is 0 Å². The van der Waals surface area contributed by atoms with Gasteiger partial charge in [0.2, 0.25) is 0 Å². The van der Waals surface area contributed by atoms with E-state index in [0.29, 0.717) is 0 Å². The quantitative estimate of drug-likeness (QED) is 0.236. The standard InChI is InChI=1S/C3H7N3O3/c4-5-6-9-3(1-7)2-8/h3,7-8H,1-2H2. The minimum atomic E-state index is -0.805. The van der Waals surface area contributed by atoms with Crippen LogP contribution in [0.1, 0.15) is 0 Å². The fourth-order valence-corrected chi connectivity index (χ4v) is 0.212. The largest absolute Gasteiger partial charge is 0.425 e. The summed E-state index contributed by atoms with van der Waals surface area (Å²) in [4.78, 5) is 6.45. The van der Waals surface area contributed by atoms with Crippen molar-refractivity contribution in [2.45, 2.75) is 6.10 Å². The van der Waals surface area contributed by atoms with Crippen molar-refractivity contribution in [2.24, 2.45) is 5.28 Å². The molecule has 0 saturated carbocycles. The van der Waals surface area contributed by atoms with Gasteiger partial charge in [-0.1, -0.05) is 0 Å². The molecule has 0 aromatic rings. The highest BCUT2D eigenvalue weighted by molar-refractivity contribution is 4.49. The summed E-state index contributed by atoms with van der Waals surface area (Å²) in [5.74, 6) is 0. The lowest BCUT2D eigenvalue weighted by Crippen LogP contribution is -2.18. The highest BCUT2D eigenvalue weighted by Gasteiger charge is 2.02. The van der Waals surface area contributed by atoms with Gasteiger partial charge in [0.05, 0.1) is 13.2 Å². The molecule has 0 radical (unpaired) electrons. The maximum Gasteiger partial charge on any atom is 0.153 e. The first-order valence-electron chi connectivity index (χ1n) is 2.27. The molecule has 6 nitrogen and oxygen atoms in total. The molecule has 0 rings (SSSR count). The fraction of sp³-hybridized carbons (Fsp3) is 1.00. The number of aliphatic hydroxyl groups excluding tert-OH is 2.